The first kappa shape index (κ1) is 24.2. The van der Waals surface area contributed by atoms with E-state index in [9.17, 15) is 0 Å². The van der Waals surface area contributed by atoms with Gasteiger partial charge in [0.2, 0.25) is 0 Å². The second kappa shape index (κ2) is 9.50. The first-order valence-corrected chi connectivity index (χ1v) is 12.5. The summed E-state index contributed by atoms with van der Waals surface area (Å²) in [4.78, 5) is 4.43. The molecule has 0 saturated carbocycles. The number of nitrogens with two attached hydrogens (primary N) is 2. The van der Waals surface area contributed by atoms with Crippen molar-refractivity contribution in [3.8, 4) is 11.5 Å². The number of anilines is 2. The predicted octanol–water partition coefficient (Wildman–Crippen LogP) is 2.30. The van der Waals surface area contributed by atoms with E-state index in [1.165, 1.54) is 0 Å². The van der Waals surface area contributed by atoms with Gasteiger partial charge in [-0.1, -0.05) is 12.1 Å². The average Bonchev–Trinajstić information content (AvgIpc) is 3.16. The molecule has 1 fully saturated rings. The van der Waals surface area contributed by atoms with Crippen LogP contribution in [0.25, 0.3) is 0 Å². The van der Waals surface area contributed by atoms with Gasteiger partial charge in [-0.3, -0.25) is 0 Å². The molecule has 35 heavy (non-hydrogen) atoms. The zero-order chi connectivity index (χ0) is 24.7. The highest BCUT2D eigenvalue weighted by Crippen LogP contribution is 2.36. The zero-order valence-corrected chi connectivity index (χ0v) is 21.2. The molecule has 0 aliphatic carbocycles. The summed E-state index contributed by atoms with van der Waals surface area (Å²) in [7, 11) is 4.17. The van der Waals surface area contributed by atoms with E-state index in [4.69, 9.17) is 30.4 Å². The second-order valence-electron chi connectivity index (χ2n) is 10.4. The molecule has 0 unspecified atom stereocenters. The molecule has 1 saturated heterocycles. The van der Waals surface area contributed by atoms with Gasteiger partial charge in [0, 0.05) is 26.2 Å². The van der Waals surface area contributed by atoms with Gasteiger partial charge in [-0.15, -0.1) is 0 Å². The molecular formula is C27H38N4O4. The first-order valence-electron chi connectivity index (χ1n) is 12.5. The number of hydrogen-bond acceptors (Lipinski definition) is 8. The van der Waals surface area contributed by atoms with Gasteiger partial charge in [0.1, 0.15) is 36.9 Å². The predicted molar refractivity (Wildman–Crippen MR) is 138 cm³/mol. The molecule has 3 heterocycles. The monoisotopic (exact) mass is 482 g/mol. The smallest absolute Gasteiger partial charge is 0.163 e. The maximum Gasteiger partial charge on any atom is 0.163 e. The number of nitrogens with zero attached hydrogens (tertiary/aromatic N) is 2. The summed E-state index contributed by atoms with van der Waals surface area (Å²) < 4.78 is 24.2. The number of rotatable bonds is 6. The van der Waals surface area contributed by atoms with Crippen LogP contribution in [0, 0.1) is 0 Å². The van der Waals surface area contributed by atoms with Crippen LogP contribution in [0.3, 0.4) is 0 Å². The summed E-state index contributed by atoms with van der Waals surface area (Å²) >= 11 is 0. The third-order valence-corrected chi connectivity index (χ3v) is 7.19. The van der Waals surface area contributed by atoms with Crippen LogP contribution in [0.1, 0.15) is 25.0 Å². The highest BCUT2D eigenvalue weighted by atomic mass is 16.8. The fourth-order valence-electron chi connectivity index (χ4n) is 5.30. The topological polar surface area (TPSA) is 95.4 Å². The molecule has 0 aromatic heterocycles. The Hall–Kier alpha value is -2.52. The fourth-order valence-corrected chi connectivity index (χ4v) is 5.30. The summed E-state index contributed by atoms with van der Waals surface area (Å²) in [6.07, 6.45) is 0.701. The van der Waals surface area contributed by atoms with Gasteiger partial charge in [0.05, 0.1) is 24.5 Å². The van der Waals surface area contributed by atoms with Gasteiger partial charge in [-0.25, -0.2) is 0 Å². The average molecular weight is 483 g/mol. The number of ether oxygens (including phenoxy) is 4. The molecule has 8 heteroatoms. The van der Waals surface area contributed by atoms with Crippen molar-refractivity contribution >= 4 is 11.4 Å². The molecule has 0 bridgehead atoms. The van der Waals surface area contributed by atoms with Crippen molar-refractivity contribution < 1.29 is 18.9 Å². The quantitative estimate of drug-likeness (QED) is 0.648. The Morgan fingerprint density at radius 3 is 1.66 bits per heavy atom. The van der Waals surface area contributed by atoms with Gasteiger partial charge in [0.15, 0.2) is 5.79 Å². The fraction of sp³-hybridized carbons (Fsp3) is 0.556. The molecule has 0 amide bonds. The Bertz CT molecular complexity index is 980. The normalized spacial score (nSPS) is 24.7. The van der Waals surface area contributed by atoms with E-state index in [1.54, 1.807) is 0 Å². The molecule has 4 N–H and O–H groups in total. The van der Waals surface area contributed by atoms with E-state index in [0.29, 0.717) is 26.1 Å². The summed E-state index contributed by atoms with van der Waals surface area (Å²) in [5.41, 5.74) is 18.0. The Morgan fingerprint density at radius 2 is 1.23 bits per heavy atom. The van der Waals surface area contributed by atoms with Crippen LogP contribution in [-0.4, -0.2) is 70.5 Å². The molecule has 4 atom stereocenters. The lowest BCUT2D eigenvalue weighted by molar-refractivity contribution is -0.149. The van der Waals surface area contributed by atoms with Crippen molar-refractivity contribution in [2.75, 3.05) is 50.2 Å². The van der Waals surface area contributed by atoms with E-state index in [0.717, 1.165) is 47.1 Å². The third-order valence-electron chi connectivity index (χ3n) is 7.19. The van der Waals surface area contributed by atoms with E-state index in [1.807, 2.05) is 26.0 Å². The summed E-state index contributed by atoms with van der Waals surface area (Å²) in [5.74, 6) is 1.09. The number of fused-ring (bicyclic) bond motifs is 2. The van der Waals surface area contributed by atoms with Crippen molar-refractivity contribution in [1.82, 2.24) is 0 Å². The van der Waals surface area contributed by atoms with Gasteiger partial charge in [-0.05, 0) is 62.1 Å². The minimum Gasteiger partial charge on any atom is -0.490 e. The first-order chi connectivity index (χ1) is 16.7. The molecule has 2 aromatic rings. The lowest BCUT2D eigenvalue weighted by Gasteiger charge is -2.30. The minimum absolute atomic E-state index is 0.260. The summed E-state index contributed by atoms with van der Waals surface area (Å²) in [6.45, 7) is 7.01. The molecular weight excluding hydrogens is 444 g/mol. The second-order valence-corrected chi connectivity index (χ2v) is 10.4. The van der Waals surface area contributed by atoms with Crippen LogP contribution in [0.2, 0.25) is 0 Å². The third kappa shape index (κ3) is 5.07. The molecule has 0 radical (unpaired) electrons. The molecule has 2 aromatic carbocycles. The SMILES string of the molecule is CN1CCOc2ccc(C[C@@H](N)[C@@H]3OC(C)(C)O[C@H]3[C@H](N)Cc3ccc4c(c3)N(C)CCO4)cc21. The van der Waals surface area contributed by atoms with Crippen LogP contribution in [0.15, 0.2) is 36.4 Å². The Morgan fingerprint density at radius 1 is 0.800 bits per heavy atom. The number of hydrogen-bond donors (Lipinski definition) is 2. The van der Waals surface area contributed by atoms with E-state index >= 15 is 0 Å². The van der Waals surface area contributed by atoms with Gasteiger partial charge >= 0.3 is 0 Å². The number of likely N-dealkylation sites (N-methyl/N-ethyl adjacent to an activating group) is 2. The largest absolute Gasteiger partial charge is 0.490 e. The molecule has 0 spiro atoms. The summed E-state index contributed by atoms with van der Waals surface area (Å²) in [6, 6.07) is 12.0. The van der Waals surface area contributed by atoms with Crippen molar-refractivity contribution in [1.29, 1.82) is 0 Å². The van der Waals surface area contributed by atoms with Crippen molar-refractivity contribution in [2.45, 2.75) is 56.8 Å². The Balaban J connectivity index is 1.30. The lowest BCUT2D eigenvalue weighted by atomic mass is 9.92. The van der Waals surface area contributed by atoms with Crippen LogP contribution >= 0.6 is 0 Å². The maximum absolute atomic E-state index is 6.75. The highest BCUT2D eigenvalue weighted by molar-refractivity contribution is 5.61. The molecule has 190 valence electrons. The van der Waals surface area contributed by atoms with Crippen LogP contribution in [-0.2, 0) is 22.3 Å². The Labute approximate surface area is 208 Å². The van der Waals surface area contributed by atoms with Gasteiger partial charge < -0.3 is 40.2 Å². The molecule has 3 aliphatic heterocycles. The number of benzene rings is 2. The minimum atomic E-state index is -0.738. The lowest BCUT2D eigenvalue weighted by Crippen LogP contribution is -2.51. The summed E-state index contributed by atoms with van der Waals surface area (Å²) in [5, 5.41) is 0. The standard InChI is InChI=1S/C27H38N4O4/c1-27(2)34-25(19(28)13-17-5-7-23-21(15-17)30(3)9-11-32-23)26(35-27)20(29)14-18-6-8-24-22(16-18)31(4)10-12-33-24/h5-8,15-16,19-20,25-26H,9-14,28-29H2,1-4H3/t19-,20-,25+,26+/m1/s1. The Kier molecular flexibility index (Phi) is 6.57. The zero-order valence-electron chi connectivity index (χ0n) is 21.2. The van der Waals surface area contributed by atoms with Crippen LogP contribution in [0.5, 0.6) is 11.5 Å². The molecule has 5 rings (SSSR count). The van der Waals surface area contributed by atoms with Crippen molar-refractivity contribution in [2.24, 2.45) is 11.5 Å². The van der Waals surface area contributed by atoms with Crippen LogP contribution < -0.4 is 30.7 Å². The maximum atomic E-state index is 6.75. The van der Waals surface area contributed by atoms with Crippen LogP contribution in [0.4, 0.5) is 11.4 Å². The van der Waals surface area contributed by atoms with Crippen molar-refractivity contribution in [3.63, 3.8) is 0 Å². The van der Waals surface area contributed by atoms with Gasteiger partial charge in [0.25, 0.3) is 0 Å². The van der Waals surface area contributed by atoms with E-state index in [2.05, 4.69) is 48.2 Å². The van der Waals surface area contributed by atoms with E-state index < -0.39 is 5.79 Å². The van der Waals surface area contributed by atoms with Gasteiger partial charge in [-0.2, -0.15) is 0 Å². The van der Waals surface area contributed by atoms with Crippen molar-refractivity contribution in [3.05, 3.63) is 47.5 Å². The highest BCUT2D eigenvalue weighted by Gasteiger charge is 2.46. The van der Waals surface area contributed by atoms with E-state index in [-0.39, 0.29) is 24.3 Å². The molecule has 8 nitrogen and oxygen atoms in total. The molecule has 3 aliphatic rings.